The third-order valence-corrected chi connectivity index (χ3v) is 8.00. The molecule has 2 heterocycles. The standard InChI is InChI=1S/2C17H21NO5/c2*1-4-23-17(21)16-14(11(2)19)9-10-15(20)18(16)12-5-7-13(22-3)8-6-12/h2*5-8,14,16H,4,9-10H2,1-3H3/t2*14-,16-/m00/s1. The highest BCUT2D eigenvalue weighted by Gasteiger charge is 2.45. The van der Waals surface area contributed by atoms with Crippen molar-refractivity contribution in [3.63, 3.8) is 0 Å². The van der Waals surface area contributed by atoms with Crippen LogP contribution in [0.15, 0.2) is 48.5 Å². The molecule has 4 rings (SSSR count). The molecule has 46 heavy (non-hydrogen) atoms. The lowest BCUT2D eigenvalue weighted by Gasteiger charge is -2.38. The molecule has 2 aliphatic heterocycles. The van der Waals surface area contributed by atoms with E-state index in [2.05, 4.69) is 0 Å². The molecule has 0 spiro atoms. The zero-order valence-corrected chi connectivity index (χ0v) is 27.1. The summed E-state index contributed by atoms with van der Waals surface area (Å²) in [5.41, 5.74) is 1.11. The molecule has 0 N–H and O–H groups in total. The fraction of sp³-hybridized carbons (Fsp3) is 0.471. The van der Waals surface area contributed by atoms with Crippen LogP contribution in [-0.2, 0) is 38.2 Å². The minimum Gasteiger partial charge on any atom is -0.497 e. The number of hydrogen-bond donors (Lipinski definition) is 0. The molecule has 12 nitrogen and oxygen atoms in total. The van der Waals surface area contributed by atoms with Gasteiger partial charge in [0.15, 0.2) is 0 Å². The second kappa shape index (κ2) is 16.5. The van der Waals surface area contributed by atoms with Crippen LogP contribution in [0, 0.1) is 11.8 Å². The number of Topliss-reactive ketones (excluding diaryl/α,β-unsaturated/α-hetero) is 2. The topological polar surface area (TPSA) is 146 Å². The van der Waals surface area contributed by atoms with E-state index >= 15 is 0 Å². The molecule has 0 radical (unpaired) electrons. The van der Waals surface area contributed by atoms with Crippen LogP contribution in [0.4, 0.5) is 11.4 Å². The first kappa shape index (κ1) is 35.7. The van der Waals surface area contributed by atoms with Crippen LogP contribution in [-0.4, -0.2) is 74.8 Å². The van der Waals surface area contributed by atoms with E-state index in [4.69, 9.17) is 18.9 Å². The number of ether oxygens (including phenoxy) is 4. The Labute approximate surface area is 268 Å². The van der Waals surface area contributed by atoms with E-state index in [9.17, 15) is 28.8 Å². The third-order valence-electron chi connectivity index (χ3n) is 8.00. The van der Waals surface area contributed by atoms with E-state index < -0.39 is 35.9 Å². The largest absolute Gasteiger partial charge is 0.497 e. The molecule has 0 aliphatic carbocycles. The van der Waals surface area contributed by atoms with Crippen molar-refractivity contribution in [1.82, 2.24) is 0 Å². The average molecular weight is 639 g/mol. The molecule has 2 amide bonds. The van der Waals surface area contributed by atoms with Crippen molar-refractivity contribution in [3.8, 4) is 11.5 Å². The van der Waals surface area contributed by atoms with Gasteiger partial charge >= 0.3 is 11.9 Å². The zero-order valence-electron chi connectivity index (χ0n) is 27.1. The monoisotopic (exact) mass is 638 g/mol. The van der Waals surface area contributed by atoms with Crippen LogP contribution in [0.25, 0.3) is 0 Å². The Morgan fingerprint density at radius 2 is 0.957 bits per heavy atom. The van der Waals surface area contributed by atoms with Crippen molar-refractivity contribution in [2.45, 2.75) is 65.5 Å². The van der Waals surface area contributed by atoms with Crippen LogP contribution in [0.3, 0.4) is 0 Å². The van der Waals surface area contributed by atoms with Gasteiger partial charge in [0.2, 0.25) is 11.8 Å². The predicted octanol–water partition coefficient (Wildman–Crippen LogP) is 3.92. The molecule has 2 aromatic carbocycles. The number of nitrogens with zero attached hydrogens (tertiary/aromatic N) is 2. The number of hydrogen-bond acceptors (Lipinski definition) is 10. The minimum absolute atomic E-state index is 0.117. The van der Waals surface area contributed by atoms with Gasteiger partial charge in [-0.15, -0.1) is 0 Å². The first-order valence-corrected chi connectivity index (χ1v) is 15.2. The van der Waals surface area contributed by atoms with Gasteiger partial charge in [-0.2, -0.15) is 0 Å². The van der Waals surface area contributed by atoms with Crippen molar-refractivity contribution < 1.29 is 47.7 Å². The van der Waals surface area contributed by atoms with Crippen LogP contribution < -0.4 is 19.3 Å². The molecule has 0 unspecified atom stereocenters. The van der Waals surface area contributed by atoms with Gasteiger partial charge in [-0.3, -0.25) is 29.0 Å². The van der Waals surface area contributed by atoms with E-state index in [0.717, 1.165) is 0 Å². The molecule has 2 saturated heterocycles. The van der Waals surface area contributed by atoms with E-state index in [1.807, 2.05) is 0 Å². The fourth-order valence-electron chi connectivity index (χ4n) is 5.73. The number of benzene rings is 2. The van der Waals surface area contributed by atoms with Crippen LogP contribution >= 0.6 is 0 Å². The van der Waals surface area contributed by atoms with Gasteiger partial charge in [-0.05, 0) is 89.1 Å². The van der Waals surface area contributed by atoms with Crippen LogP contribution in [0.1, 0.15) is 53.4 Å². The number of methoxy groups -OCH3 is 2. The molecule has 0 aromatic heterocycles. The van der Waals surface area contributed by atoms with E-state index in [1.54, 1.807) is 76.6 Å². The normalized spacial score (nSPS) is 21.0. The second-order valence-corrected chi connectivity index (χ2v) is 10.8. The van der Waals surface area contributed by atoms with Crippen molar-refractivity contribution in [2.24, 2.45) is 11.8 Å². The van der Waals surface area contributed by atoms with E-state index in [0.29, 0.717) is 35.7 Å². The lowest BCUT2D eigenvalue weighted by molar-refractivity contribution is -0.150. The predicted molar refractivity (Wildman–Crippen MR) is 169 cm³/mol. The number of esters is 2. The lowest BCUT2D eigenvalue weighted by atomic mass is 9.85. The number of ketones is 2. The Morgan fingerprint density at radius 3 is 1.22 bits per heavy atom. The van der Waals surface area contributed by atoms with Crippen molar-refractivity contribution in [2.75, 3.05) is 37.2 Å². The van der Waals surface area contributed by atoms with Crippen molar-refractivity contribution in [1.29, 1.82) is 0 Å². The lowest BCUT2D eigenvalue weighted by Crippen LogP contribution is -2.55. The van der Waals surface area contributed by atoms with Gasteiger partial charge in [0.25, 0.3) is 0 Å². The second-order valence-electron chi connectivity index (χ2n) is 10.8. The number of carbonyl (C=O) groups excluding carboxylic acids is 6. The Morgan fingerprint density at radius 1 is 0.630 bits per heavy atom. The average Bonchev–Trinajstić information content (AvgIpc) is 3.04. The minimum atomic E-state index is -0.915. The molecule has 0 bridgehead atoms. The Bertz CT molecular complexity index is 1300. The Balaban J connectivity index is 0.000000250. The summed E-state index contributed by atoms with van der Waals surface area (Å²) in [5, 5.41) is 0. The molecule has 0 saturated carbocycles. The molecule has 4 atom stereocenters. The zero-order chi connectivity index (χ0) is 34.0. The molecule has 2 aromatic rings. The SMILES string of the molecule is CCOC(=O)[C@@H]1[C@H](C(C)=O)CCC(=O)N1c1ccc(OC)cc1.CCOC(=O)[C@@H]1[C@H](C(C)=O)CCC(=O)N1c1ccc(OC)cc1. The quantitative estimate of drug-likeness (QED) is 0.351. The summed E-state index contributed by atoms with van der Waals surface area (Å²) >= 11 is 0. The molecule has 248 valence electrons. The number of amides is 2. The van der Waals surface area contributed by atoms with E-state index in [1.165, 1.54) is 23.6 Å². The van der Waals surface area contributed by atoms with E-state index in [-0.39, 0.29) is 49.4 Å². The van der Waals surface area contributed by atoms with Gasteiger partial charge in [-0.1, -0.05) is 0 Å². The summed E-state index contributed by atoms with van der Waals surface area (Å²) in [7, 11) is 3.10. The van der Waals surface area contributed by atoms with Crippen LogP contribution in [0.2, 0.25) is 0 Å². The highest BCUT2D eigenvalue weighted by Crippen LogP contribution is 2.33. The smallest absolute Gasteiger partial charge is 0.329 e. The maximum Gasteiger partial charge on any atom is 0.329 e. The third kappa shape index (κ3) is 8.29. The molecule has 12 heteroatoms. The fourth-order valence-corrected chi connectivity index (χ4v) is 5.73. The Kier molecular flexibility index (Phi) is 12.8. The number of piperidine rings is 2. The summed E-state index contributed by atoms with van der Waals surface area (Å²) in [6.45, 7) is 6.68. The van der Waals surface area contributed by atoms with Gasteiger partial charge in [0.1, 0.15) is 35.1 Å². The highest BCUT2D eigenvalue weighted by molar-refractivity contribution is 6.05. The van der Waals surface area contributed by atoms with Gasteiger partial charge < -0.3 is 18.9 Å². The summed E-state index contributed by atoms with van der Waals surface area (Å²) in [5.74, 6) is -1.50. The number of carbonyl (C=O) groups is 6. The maximum atomic E-state index is 12.4. The summed E-state index contributed by atoms with van der Waals surface area (Å²) in [6, 6.07) is 11.8. The summed E-state index contributed by atoms with van der Waals surface area (Å²) < 4.78 is 20.4. The maximum absolute atomic E-state index is 12.4. The highest BCUT2D eigenvalue weighted by atomic mass is 16.5. The number of rotatable bonds is 10. The van der Waals surface area contributed by atoms with Gasteiger partial charge in [0, 0.05) is 36.1 Å². The molecular weight excluding hydrogens is 596 g/mol. The number of anilines is 2. The first-order valence-electron chi connectivity index (χ1n) is 15.2. The molecule has 2 aliphatic rings. The van der Waals surface area contributed by atoms with Gasteiger partial charge in [-0.25, -0.2) is 9.59 Å². The molecule has 2 fully saturated rings. The molecular formula is C34H42N2O10. The van der Waals surface area contributed by atoms with Crippen LogP contribution in [0.5, 0.6) is 11.5 Å². The summed E-state index contributed by atoms with van der Waals surface area (Å²) in [4.78, 5) is 76.2. The Hall–Kier alpha value is -4.74. The van der Waals surface area contributed by atoms with Crippen molar-refractivity contribution in [3.05, 3.63) is 48.5 Å². The van der Waals surface area contributed by atoms with Crippen molar-refractivity contribution >= 4 is 46.7 Å². The summed E-state index contributed by atoms with van der Waals surface area (Å²) in [6.07, 6.45) is 1.19. The van der Waals surface area contributed by atoms with Gasteiger partial charge in [0.05, 0.1) is 27.4 Å². The first-order chi connectivity index (χ1) is 22.0.